The molecule has 0 saturated carbocycles. The molecule has 0 bridgehead atoms. The lowest BCUT2D eigenvalue weighted by molar-refractivity contribution is 0.161. The smallest absolute Gasteiger partial charge is 0.0674 e. The Bertz CT molecular complexity index is 766. The van der Waals surface area contributed by atoms with Crippen molar-refractivity contribution >= 4 is 0 Å². The van der Waals surface area contributed by atoms with Crippen molar-refractivity contribution < 1.29 is 0 Å². The minimum atomic E-state index is 0.882. The third-order valence-electron chi connectivity index (χ3n) is 6.73. The van der Waals surface area contributed by atoms with Crippen LogP contribution >= 0.6 is 0 Å². The van der Waals surface area contributed by atoms with Gasteiger partial charge in [-0.3, -0.25) is 4.68 Å². The van der Waals surface area contributed by atoms with E-state index >= 15 is 0 Å². The van der Waals surface area contributed by atoms with E-state index in [4.69, 9.17) is 0 Å². The van der Waals surface area contributed by atoms with E-state index in [-0.39, 0.29) is 0 Å². The average molecular weight is 338 g/mol. The Morgan fingerprint density at radius 2 is 1.76 bits per heavy atom. The topological polar surface area (TPSA) is 21.1 Å². The van der Waals surface area contributed by atoms with Crippen LogP contribution in [0.5, 0.6) is 0 Å². The summed E-state index contributed by atoms with van der Waals surface area (Å²) >= 11 is 0. The van der Waals surface area contributed by atoms with Gasteiger partial charge >= 0.3 is 0 Å². The third-order valence-corrected chi connectivity index (χ3v) is 6.73. The van der Waals surface area contributed by atoms with Crippen LogP contribution < -0.4 is 0 Å². The fourth-order valence-electron chi connectivity index (χ4n) is 5.14. The van der Waals surface area contributed by atoms with E-state index in [0.29, 0.717) is 0 Å². The molecular formula is C22H31N3. The Morgan fingerprint density at radius 1 is 1.00 bits per heavy atom. The zero-order valence-electron chi connectivity index (χ0n) is 16.2. The normalized spacial score (nSPS) is 22.2. The Labute approximate surface area is 152 Å². The molecule has 4 rings (SSSR count). The van der Waals surface area contributed by atoms with Crippen molar-refractivity contribution in [3.63, 3.8) is 0 Å². The van der Waals surface area contributed by atoms with Crippen molar-refractivity contribution in [2.24, 2.45) is 18.9 Å². The quantitative estimate of drug-likeness (QED) is 0.821. The predicted octanol–water partition coefficient (Wildman–Crippen LogP) is 4.15. The van der Waals surface area contributed by atoms with Gasteiger partial charge < -0.3 is 4.90 Å². The molecule has 2 heterocycles. The second-order valence-electron chi connectivity index (χ2n) is 8.26. The van der Waals surface area contributed by atoms with Crippen LogP contribution in [0.25, 0.3) is 11.1 Å². The lowest BCUT2D eigenvalue weighted by Gasteiger charge is -2.37. The molecule has 1 unspecified atom stereocenters. The fourth-order valence-corrected chi connectivity index (χ4v) is 5.14. The lowest BCUT2D eigenvalue weighted by Crippen LogP contribution is -2.35. The molecule has 0 spiro atoms. The Morgan fingerprint density at radius 3 is 2.44 bits per heavy atom. The first-order chi connectivity index (χ1) is 12.0. The predicted molar refractivity (Wildman–Crippen MR) is 104 cm³/mol. The average Bonchev–Trinajstić information content (AvgIpc) is 2.87. The third kappa shape index (κ3) is 3.03. The van der Waals surface area contributed by atoms with E-state index in [1.807, 2.05) is 4.68 Å². The summed E-state index contributed by atoms with van der Waals surface area (Å²) in [6.45, 7) is 6.90. The molecule has 134 valence electrons. The molecule has 1 atom stereocenters. The monoisotopic (exact) mass is 337 g/mol. The van der Waals surface area contributed by atoms with Gasteiger partial charge in [0.25, 0.3) is 0 Å². The summed E-state index contributed by atoms with van der Waals surface area (Å²) in [6.07, 6.45) is 6.64. The number of aromatic nitrogens is 2. The highest BCUT2D eigenvalue weighted by molar-refractivity contribution is 5.73. The van der Waals surface area contributed by atoms with Crippen LogP contribution in [0.1, 0.15) is 41.8 Å². The summed E-state index contributed by atoms with van der Waals surface area (Å²) in [5, 5.41) is 4.64. The first kappa shape index (κ1) is 16.8. The number of benzene rings is 1. The number of hydrogen-bond acceptors (Lipinski definition) is 2. The number of likely N-dealkylation sites (tertiary alicyclic amines) is 1. The number of aryl methyl sites for hydroxylation is 2. The van der Waals surface area contributed by atoms with Gasteiger partial charge in [0.2, 0.25) is 0 Å². The number of hydrogen-bond donors (Lipinski definition) is 0. The molecule has 1 fully saturated rings. The molecule has 0 radical (unpaired) electrons. The number of rotatable bonds is 2. The largest absolute Gasteiger partial charge is 0.306 e. The van der Waals surface area contributed by atoms with Gasteiger partial charge in [0.15, 0.2) is 0 Å². The summed E-state index contributed by atoms with van der Waals surface area (Å²) in [7, 11) is 4.31. The summed E-state index contributed by atoms with van der Waals surface area (Å²) in [4.78, 5) is 2.49. The fraction of sp³-hybridized carbons (Fsp3) is 0.591. The Hall–Kier alpha value is -1.61. The molecule has 0 N–H and O–H groups in total. The van der Waals surface area contributed by atoms with Gasteiger partial charge in [-0.1, -0.05) is 18.2 Å². The second kappa shape index (κ2) is 6.60. The van der Waals surface area contributed by atoms with E-state index in [1.54, 1.807) is 11.1 Å². The van der Waals surface area contributed by atoms with Gasteiger partial charge in [-0.15, -0.1) is 0 Å². The van der Waals surface area contributed by atoms with E-state index in [2.05, 4.69) is 56.1 Å². The van der Waals surface area contributed by atoms with E-state index in [0.717, 1.165) is 17.5 Å². The van der Waals surface area contributed by atoms with Crippen LogP contribution in [0.15, 0.2) is 18.2 Å². The molecule has 0 amide bonds. The molecule has 3 heteroatoms. The van der Waals surface area contributed by atoms with Crippen LogP contribution in [0.2, 0.25) is 0 Å². The number of piperidine rings is 1. The Kier molecular flexibility index (Phi) is 4.45. The van der Waals surface area contributed by atoms with Crippen LogP contribution in [-0.4, -0.2) is 34.8 Å². The van der Waals surface area contributed by atoms with Crippen molar-refractivity contribution in [3.05, 3.63) is 40.7 Å². The van der Waals surface area contributed by atoms with Gasteiger partial charge in [-0.05, 0) is 94.6 Å². The van der Waals surface area contributed by atoms with Gasteiger partial charge in [0.1, 0.15) is 0 Å². The SMILES string of the molecule is Cc1nn(C)c(C)c1-c1cccc2c1CCC(C1CCN(C)CC1)C2. The van der Waals surface area contributed by atoms with Gasteiger partial charge in [-0.2, -0.15) is 5.10 Å². The molecule has 1 aromatic heterocycles. The summed E-state index contributed by atoms with van der Waals surface area (Å²) < 4.78 is 2.02. The number of nitrogens with zero attached hydrogens (tertiary/aromatic N) is 3. The summed E-state index contributed by atoms with van der Waals surface area (Å²) in [5.41, 5.74) is 8.41. The maximum atomic E-state index is 4.64. The molecule has 2 aromatic rings. The first-order valence-electron chi connectivity index (χ1n) is 9.84. The van der Waals surface area contributed by atoms with Crippen molar-refractivity contribution in [3.8, 4) is 11.1 Å². The molecule has 2 aliphatic rings. The molecule has 1 aliphatic carbocycles. The highest BCUT2D eigenvalue weighted by Crippen LogP contribution is 2.40. The van der Waals surface area contributed by atoms with Crippen molar-refractivity contribution in [1.29, 1.82) is 0 Å². The lowest BCUT2D eigenvalue weighted by atomic mass is 9.72. The molecule has 3 nitrogen and oxygen atoms in total. The minimum absolute atomic E-state index is 0.882. The van der Waals surface area contributed by atoms with Crippen LogP contribution in [0, 0.1) is 25.7 Å². The van der Waals surface area contributed by atoms with E-state index < -0.39 is 0 Å². The zero-order chi connectivity index (χ0) is 17.6. The Balaban J connectivity index is 1.63. The van der Waals surface area contributed by atoms with E-state index in [1.165, 1.54) is 62.0 Å². The maximum Gasteiger partial charge on any atom is 0.0674 e. The molecule has 1 aliphatic heterocycles. The van der Waals surface area contributed by atoms with Crippen molar-refractivity contribution in [1.82, 2.24) is 14.7 Å². The van der Waals surface area contributed by atoms with Crippen LogP contribution in [0.4, 0.5) is 0 Å². The molecule has 25 heavy (non-hydrogen) atoms. The molecule has 1 aromatic carbocycles. The molecule has 1 saturated heterocycles. The standard InChI is InChI=1S/C22H31N3/c1-15-22(16(2)25(4)23-15)21-7-5-6-19-14-18(8-9-20(19)21)17-10-12-24(3)13-11-17/h5-7,17-18H,8-14H2,1-4H3. The van der Waals surface area contributed by atoms with Gasteiger partial charge in [0, 0.05) is 18.3 Å². The van der Waals surface area contributed by atoms with Crippen LogP contribution in [0.3, 0.4) is 0 Å². The maximum absolute atomic E-state index is 4.64. The number of fused-ring (bicyclic) bond motifs is 1. The van der Waals surface area contributed by atoms with Gasteiger partial charge in [-0.25, -0.2) is 0 Å². The van der Waals surface area contributed by atoms with E-state index in [9.17, 15) is 0 Å². The van der Waals surface area contributed by atoms with Gasteiger partial charge in [0.05, 0.1) is 5.69 Å². The highest BCUT2D eigenvalue weighted by atomic mass is 15.3. The first-order valence-corrected chi connectivity index (χ1v) is 9.84. The second-order valence-corrected chi connectivity index (χ2v) is 8.26. The minimum Gasteiger partial charge on any atom is -0.306 e. The van der Waals surface area contributed by atoms with Crippen LogP contribution in [-0.2, 0) is 19.9 Å². The van der Waals surface area contributed by atoms with Crippen molar-refractivity contribution in [2.75, 3.05) is 20.1 Å². The summed E-state index contributed by atoms with van der Waals surface area (Å²) in [6, 6.07) is 6.95. The zero-order valence-corrected chi connectivity index (χ0v) is 16.2. The van der Waals surface area contributed by atoms with Crippen molar-refractivity contribution in [2.45, 2.75) is 46.0 Å². The highest BCUT2D eigenvalue weighted by Gasteiger charge is 2.30. The molecular weight excluding hydrogens is 306 g/mol. The summed E-state index contributed by atoms with van der Waals surface area (Å²) in [5.74, 6) is 1.81.